The largest absolute Gasteiger partial charge is 0.388 e. The monoisotopic (exact) mass is 421 g/mol. The van der Waals surface area contributed by atoms with E-state index < -0.39 is 5.60 Å². The Hall–Kier alpha value is -2.99. The lowest BCUT2D eigenvalue weighted by molar-refractivity contribution is -0.137. The molecular weight excluding hydrogens is 393 g/mol. The Morgan fingerprint density at radius 1 is 1.13 bits per heavy atom. The van der Waals surface area contributed by atoms with Crippen molar-refractivity contribution in [3.05, 3.63) is 89.8 Å². The average molecular weight is 422 g/mol. The zero-order valence-corrected chi connectivity index (χ0v) is 17.7. The molecule has 1 atom stereocenters. The number of piperidine rings is 1. The molecule has 1 fully saturated rings. The topological polar surface area (TPSA) is 58.4 Å². The predicted molar refractivity (Wildman–Crippen MR) is 117 cm³/mol. The third kappa shape index (κ3) is 5.02. The molecule has 0 spiro atoms. The SMILES string of the molecule is Cc1nccn1CC1(O)CCN(C(=O)C(Cc2ccc(F)cc2)c2ccccc2)CC1. The summed E-state index contributed by atoms with van der Waals surface area (Å²) >= 11 is 0. The summed E-state index contributed by atoms with van der Waals surface area (Å²) < 4.78 is 15.3. The standard InChI is InChI=1S/C25H28FN3O2/c1-19-27-13-16-29(19)18-25(31)11-14-28(15-12-25)24(30)23(21-5-3-2-4-6-21)17-20-7-9-22(26)10-8-20/h2-10,13,16,23,31H,11-12,14-15,17-18H2,1H3. The number of benzene rings is 2. The Balaban J connectivity index is 1.47. The second kappa shape index (κ2) is 9.02. The van der Waals surface area contributed by atoms with Crippen LogP contribution in [0.2, 0.25) is 0 Å². The van der Waals surface area contributed by atoms with Crippen molar-refractivity contribution in [2.24, 2.45) is 0 Å². The number of carbonyl (C=O) groups is 1. The first-order valence-corrected chi connectivity index (χ1v) is 10.7. The summed E-state index contributed by atoms with van der Waals surface area (Å²) in [7, 11) is 0. The molecule has 1 aliphatic rings. The third-order valence-electron chi connectivity index (χ3n) is 6.25. The number of rotatable bonds is 6. The van der Waals surface area contributed by atoms with E-state index in [4.69, 9.17) is 0 Å². The number of aryl methyl sites for hydroxylation is 1. The van der Waals surface area contributed by atoms with Gasteiger partial charge in [-0.05, 0) is 49.4 Å². The highest BCUT2D eigenvalue weighted by molar-refractivity contribution is 5.84. The normalized spacial score (nSPS) is 16.8. The van der Waals surface area contributed by atoms with E-state index in [0.29, 0.717) is 38.9 Å². The van der Waals surface area contributed by atoms with Crippen molar-refractivity contribution in [3.8, 4) is 0 Å². The lowest BCUT2D eigenvalue weighted by atomic mass is 9.87. The maximum Gasteiger partial charge on any atom is 0.230 e. The maximum absolute atomic E-state index is 13.5. The molecule has 1 aromatic heterocycles. The molecule has 0 bridgehead atoms. The predicted octanol–water partition coefficient (Wildman–Crippen LogP) is 3.71. The second-order valence-corrected chi connectivity index (χ2v) is 8.45. The molecular formula is C25H28FN3O2. The highest BCUT2D eigenvalue weighted by Crippen LogP contribution is 2.29. The number of hydrogen-bond donors (Lipinski definition) is 1. The Morgan fingerprint density at radius 2 is 1.81 bits per heavy atom. The molecule has 1 unspecified atom stereocenters. The number of nitrogens with zero attached hydrogens (tertiary/aromatic N) is 3. The highest BCUT2D eigenvalue weighted by Gasteiger charge is 2.36. The summed E-state index contributed by atoms with van der Waals surface area (Å²) in [6.45, 7) is 3.42. The number of aromatic nitrogens is 2. The van der Waals surface area contributed by atoms with Crippen LogP contribution >= 0.6 is 0 Å². The first kappa shape index (κ1) is 21.2. The van der Waals surface area contributed by atoms with Crippen LogP contribution in [0, 0.1) is 12.7 Å². The van der Waals surface area contributed by atoms with E-state index >= 15 is 0 Å². The van der Waals surface area contributed by atoms with Gasteiger partial charge in [-0.2, -0.15) is 0 Å². The number of likely N-dealkylation sites (tertiary alicyclic amines) is 1. The van der Waals surface area contributed by atoms with Gasteiger partial charge < -0.3 is 14.6 Å². The molecule has 2 heterocycles. The Labute approximate surface area is 182 Å². The number of amides is 1. The number of aliphatic hydroxyl groups is 1. The summed E-state index contributed by atoms with van der Waals surface area (Å²) in [6, 6.07) is 16.1. The fourth-order valence-corrected chi connectivity index (χ4v) is 4.30. The van der Waals surface area contributed by atoms with Crippen LogP contribution in [-0.2, 0) is 17.8 Å². The van der Waals surface area contributed by atoms with Crippen LogP contribution in [0.1, 0.15) is 35.7 Å². The quantitative estimate of drug-likeness (QED) is 0.660. The van der Waals surface area contributed by atoms with E-state index in [1.54, 1.807) is 18.3 Å². The van der Waals surface area contributed by atoms with E-state index in [2.05, 4.69) is 4.98 Å². The van der Waals surface area contributed by atoms with Gasteiger partial charge in [0.05, 0.1) is 18.1 Å². The lowest BCUT2D eigenvalue weighted by Crippen LogP contribution is -2.50. The molecule has 2 aromatic carbocycles. The zero-order valence-electron chi connectivity index (χ0n) is 17.7. The van der Waals surface area contributed by atoms with Gasteiger partial charge in [0.15, 0.2) is 0 Å². The molecule has 6 heteroatoms. The van der Waals surface area contributed by atoms with Gasteiger partial charge in [-0.15, -0.1) is 0 Å². The first-order valence-electron chi connectivity index (χ1n) is 10.7. The van der Waals surface area contributed by atoms with E-state index in [-0.39, 0.29) is 17.6 Å². The average Bonchev–Trinajstić information content (AvgIpc) is 3.18. The summed E-state index contributed by atoms with van der Waals surface area (Å²) in [5.74, 6) is 0.301. The van der Waals surface area contributed by atoms with Crippen molar-refractivity contribution >= 4 is 5.91 Å². The molecule has 0 radical (unpaired) electrons. The van der Waals surface area contributed by atoms with Gasteiger partial charge in [-0.25, -0.2) is 9.37 Å². The van der Waals surface area contributed by atoms with Crippen LogP contribution in [0.15, 0.2) is 67.0 Å². The fraction of sp³-hybridized carbons (Fsp3) is 0.360. The number of halogens is 1. The number of hydrogen-bond acceptors (Lipinski definition) is 3. The third-order valence-corrected chi connectivity index (χ3v) is 6.25. The zero-order chi connectivity index (χ0) is 21.8. The fourth-order valence-electron chi connectivity index (χ4n) is 4.30. The van der Waals surface area contributed by atoms with Crippen LogP contribution in [0.3, 0.4) is 0 Å². The lowest BCUT2D eigenvalue weighted by Gasteiger charge is -2.39. The Morgan fingerprint density at radius 3 is 2.42 bits per heavy atom. The van der Waals surface area contributed by atoms with Crippen molar-refractivity contribution in [1.82, 2.24) is 14.5 Å². The van der Waals surface area contributed by atoms with Gasteiger partial charge in [0.25, 0.3) is 0 Å². The van der Waals surface area contributed by atoms with Gasteiger partial charge in [-0.3, -0.25) is 4.79 Å². The maximum atomic E-state index is 13.5. The first-order chi connectivity index (χ1) is 14.9. The van der Waals surface area contributed by atoms with Crippen LogP contribution < -0.4 is 0 Å². The van der Waals surface area contributed by atoms with Gasteiger partial charge in [-0.1, -0.05) is 42.5 Å². The molecule has 1 N–H and O–H groups in total. The second-order valence-electron chi connectivity index (χ2n) is 8.45. The van der Waals surface area contributed by atoms with Gasteiger partial charge in [0.1, 0.15) is 11.6 Å². The van der Waals surface area contributed by atoms with Crippen LogP contribution in [0.25, 0.3) is 0 Å². The number of imidazole rings is 1. The summed E-state index contributed by atoms with van der Waals surface area (Å²) in [5, 5.41) is 11.1. The molecule has 1 amide bonds. The van der Waals surface area contributed by atoms with E-state index in [0.717, 1.165) is 17.0 Å². The summed E-state index contributed by atoms with van der Waals surface area (Å²) in [6.07, 6.45) is 5.16. The number of carbonyl (C=O) groups excluding carboxylic acids is 1. The van der Waals surface area contributed by atoms with E-state index in [1.807, 2.05) is 52.9 Å². The molecule has 5 nitrogen and oxygen atoms in total. The van der Waals surface area contributed by atoms with Gasteiger partial charge in [0, 0.05) is 25.5 Å². The summed E-state index contributed by atoms with van der Waals surface area (Å²) in [5.41, 5.74) is 1.03. The van der Waals surface area contributed by atoms with Crippen molar-refractivity contribution in [2.75, 3.05) is 13.1 Å². The smallest absolute Gasteiger partial charge is 0.230 e. The molecule has 1 saturated heterocycles. The molecule has 1 aliphatic heterocycles. The van der Waals surface area contributed by atoms with Gasteiger partial charge >= 0.3 is 0 Å². The summed E-state index contributed by atoms with van der Waals surface area (Å²) in [4.78, 5) is 19.6. The Kier molecular flexibility index (Phi) is 6.18. The molecule has 162 valence electrons. The van der Waals surface area contributed by atoms with E-state index in [1.165, 1.54) is 12.1 Å². The molecule has 4 rings (SSSR count). The molecule has 31 heavy (non-hydrogen) atoms. The van der Waals surface area contributed by atoms with Crippen molar-refractivity contribution in [1.29, 1.82) is 0 Å². The van der Waals surface area contributed by atoms with Crippen molar-refractivity contribution in [2.45, 2.75) is 44.2 Å². The Bertz CT molecular complexity index is 1010. The minimum absolute atomic E-state index is 0.0522. The molecule has 0 saturated carbocycles. The van der Waals surface area contributed by atoms with Crippen molar-refractivity contribution < 1.29 is 14.3 Å². The van der Waals surface area contributed by atoms with E-state index in [9.17, 15) is 14.3 Å². The van der Waals surface area contributed by atoms with Gasteiger partial charge in [0.2, 0.25) is 5.91 Å². The molecule has 3 aromatic rings. The minimum Gasteiger partial charge on any atom is -0.388 e. The van der Waals surface area contributed by atoms with Crippen molar-refractivity contribution in [3.63, 3.8) is 0 Å². The van der Waals surface area contributed by atoms with Crippen LogP contribution in [0.4, 0.5) is 4.39 Å². The molecule has 0 aliphatic carbocycles. The van der Waals surface area contributed by atoms with Crippen LogP contribution in [-0.4, -0.2) is 44.2 Å². The minimum atomic E-state index is -0.846. The van der Waals surface area contributed by atoms with Crippen LogP contribution in [0.5, 0.6) is 0 Å². The highest BCUT2D eigenvalue weighted by atomic mass is 19.1.